The fraction of sp³-hybridized carbons (Fsp3) is 0. The predicted molar refractivity (Wildman–Crippen MR) is 95.8 cm³/mol. The minimum absolute atomic E-state index is 0. The number of hydrogen-bond donors (Lipinski definition) is 1. The van der Waals surface area contributed by atoms with Crippen molar-refractivity contribution in [3.63, 3.8) is 0 Å². The summed E-state index contributed by atoms with van der Waals surface area (Å²) in [5.41, 5.74) is 2.54. The van der Waals surface area contributed by atoms with Crippen LogP contribution in [0.3, 0.4) is 0 Å². The molecule has 1 aromatic heterocycles. The number of aromatic nitrogens is 3. The Morgan fingerprint density at radius 2 is 1.50 bits per heavy atom. The summed E-state index contributed by atoms with van der Waals surface area (Å²) in [7, 11) is -3.69. The van der Waals surface area contributed by atoms with Crippen LogP contribution in [0, 0.1) is 0 Å². The van der Waals surface area contributed by atoms with Gasteiger partial charge in [0.2, 0.25) is 10.0 Å². The zero-order chi connectivity index (χ0) is 17.7. The van der Waals surface area contributed by atoms with Gasteiger partial charge in [0.1, 0.15) is 0 Å². The first-order chi connectivity index (χ1) is 12.1. The number of rotatable bonds is 3. The van der Waals surface area contributed by atoms with Gasteiger partial charge in [-0.2, -0.15) is 17.2 Å². The van der Waals surface area contributed by atoms with Crippen molar-refractivity contribution in [1.82, 2.24) is 15.0 Å². The van der Waals surface area contributed by atoms with Crippen LogP contribution in [0.2, 0.25) is 0 Å². The van der Waals surface area contributed by atoms with Gasteiger partial charge in [-0.15, -0.1) is 12.1 Å². The van der Waals surface area contributed by atoms with E-state index in [1.807, 2.05) is 54.6 Å². The van der Waals surface area contributed by atoms with E-state index in [0.717, 1.165) is 11.3 Å². The Hall–Kier alpha value is -2.41. The number of hydrogen-bond acceptors (Lipinski definition) is 4. The van der Waals surface area contributed by atoms with E-state index < -0.39 is 10.0 Å². The van der Waals surface area contributed by atoms with E-state index in [1.54, 1.807) is 23.0 Å². The molecule has 0 amide bonds. The smallest absolute Gasteiger partial charge is 0.238 e. The maximum atomic E-state index is 11.2. The summed E-state index contributed by atoms with van der Waals surface area (Å²) in [5.74, 6) is 0. The van der Waals surface area contributed by atoms with Gasteiger partial charge in [0.05, 0.1) is 10.6 Å². The zero-order valence-corrected chi connectivity index (χ0v) is 16.1. The molecule has 0 atom stereocenters. The summed E-state index contributed by atoms with van der Waals surface area (Å²) >= 11 is 0. The minimum atomic E-state index is -3.69. The van der Waals surface area contributed by atoms with Gasteiger partial charge in [-0.25, -0.2) is 18.2 Å². The Labute approximate surface area is 164 Å². The average Bonchev–Trinajstić information content (AvgIpc) is 3.37. The summed E-state index contributed by atoms with van der Waals surface area (Å²) in [4.78, 5) is 0.0660. The van der Waals surface area contributed by atoms with Gasteiger partial charge in [0, 0.05) is 31.4 Å². The van der Waals surface area contributed by atoms with Crippen LogP contribution in [0.4, 0.5) is 0 Å². The van der Waals surface area contributed by atoms with Crippen molar-refractivity contribution < 1.29 is 27.9 Å². The van der Waals surface area contributed by atoms with Crippen LogP contribution in [0.1, 0.15) is 0 Å². The molecule has 0 aliphatic carbocycles. The van der Waals surface area contributed by atoms with Crippen molar-refractivity contribution in [3.8, 4) is 16.9 Å². The molecule has 0 unspecified atom stereocenters. The normalized spacial score (nSPS) is 10.5. The summed E-state index contributed by atoms with van der Waals surface area (Å²) in [6.07, 6.45) is 1.66. The van der Waals surface area contributed by atoms with Crippen LogP contribution in [0.25, 0.3) is 16.9 Å². The van der Waals surface area contributed by atoms with Gasteiger partial charge in [-0.3, -0.25) is 0 Å². The molecule has 4 aromatic rings. The molecule has 2 N–H and O–H groups in total. The zero-order valence-electron chi connectivity index (χ0n) is 13.6. The van der Waals surface area contributed by atoms with Gasteiger partial charge in [0.25, 0.3) is 0 Å². The molecule has 0 saturated carbocycles. The molecule has 140 valence electrons. The summed E-state index contributed by atoms with van der Waals surface area (Å²) < 4.78 is 24.1. The van der Waals surface area contributed by atoms with E-state index in [2.05, 4.69) is 10.3 Å². The standard InChI is InChI=1S/C13H11N4O2S.C5H5.Ru/c14-20(18,19)12-7-5-11(6-8-12)17-13(9-15-16-17)10-3-1-2-4-10;1-2-4-5-3-1;/h1-9H,(H2,14,18,19);1-5H;/q-1;-5;. The first kappa shape index (κ1) is 19.9. The molecule has 0 aliphatic heterocycles. The van der Waals surface area contributed by atoms with Crippen LogP contribution in [-0.4, -0.2) is 23.4 Å². The molecule has 0 fully saturated rings. The Balaban J connectivity index is 0.000000351. The Morgan fingerprint density at radius 3 is 2.00 bits per heavy atom. The summed E-state index contributed by atoms with van der Waals surface area (Å²) in [6, 6.07) is 23.9. The maximum Gasteiger partial charge on any atom is 0.238 e. The van der Waals surface area contributed by atoms with Gasteiger partial charge in [-0.1, -0.05) is 10.8 Å². The topological polar surface area (TPSA) is 90.9 Å². The van der Waals surface area contributed by atoms with E-state index in [1.165, 1.54) is 12.1 Å². The SMILES string of the molecule is NS(=O)(=O)c1ccc(-n2nncc2-[c-]2cccc2)cc1.[Ru].[cH-]1[cH-][cH-][cH-][cH-]1. The van der Waals surface area contributed by atoms with E-state index in [4.69, 9.17) is 5.14 Å². The fourth-order valence-electron chi connectivity index (χ4n) is 2.27. The van der Waals surface area contributed by atoms with Crippen LogP contribution >= 0.6 is 0 Å². The van der Waals surface area contributed by atoms with Crippen molar-refractivity contribution >= 4 is 10.0 Å². The molecule has 8 heteroatoms. The Kier molecular flexibility index (Phi) is 6.74. The third-order valence-corrected chi connectivity index (χ3v) is 4.40. The second-order valence-corrected chi connectivity index (χ2v) is 6.77. The largest absolute Gasteiger partial charge is 0.748 e. The number of benzene rings is 1. The van der Waals surface area contributed by atoms with Crippen molar-refractivity contribution in [1.29, 1.82) is 0 Å². The monoisotopic (exact) mass is 454 g/mol. The molecular weight excluding hydrogens is 437 g/mol. The third kappa shape index (κ3) is 4.82. The van der Waals surface area contributed by atoms with E-state index in [-0.39, 0.29) is 24.4 Å². The summed E-state index contributed by atoms with van der Waals surface area (Å²) in [5, 5.41) is 13.0. The first-order valence-corrected chi connectivity index (χ1v) is 9.03. The molecule has 0 bridgehead atoms. The Morgan fingerprint density at radius 1 is 0.962 bits per heavy atom. The molecule has 0 radical (unpaired) electrons. The Bertz CT molecular complexity index is 989. The van der Waals surface area contributed by atoms with Crippen LogP contribution in [-0.2, 0) is 29.5 Å². The van der Waals surface area contributed by atoms with Crippen molar-refractivity contribution in [2.24, 2.45) is 5.14 Å². The molecular formula is C18H16N4O2RuS-6. The number of nitrogens with zero attached hydrogens (tertiary/aromatic N) is 3. The van der Waals surface area contributed by atoms with Gasteiger partial charge >= 0.3 is 0 Å². The number of primary sulfonamides is 1. The summed E-state index contributed by atoms with van der Waals surface area (Å²) in [6.45, 7) is 0. The van der Waals surface area contributed by atoms with Crippen molar-refractivity contribution in [2.75, 3.05) is 0 Å². The second-order valence-electron chi connectivity index (χ2n) is 5.21. The molecule has 26 heavy (non-hydrogen) atoms. The fourth-order valence-corrected chi connectivity index (χ4v) is 2.78. The molecule has 1 heterocycles. The molecule has 4 rings (SSSR count). The van der Waals surface area contributed by atoms with Gasteiger partial charge < -0.3 is 30.3 Å². The number of nitrogens with two attached hydrogens (primary N) is 1. The molecule has 0 spiro atoms. The molecule has 0 aliphatic rings. The predicted octanol–water partition coefficient (Wildman–Crippen LogP) is 2.70. The van der Waals surface area contributed by atoms with E-state index >= 15 is 0 Å². The minimum Gasteiger partial charge on any atom is -0.748 e. The molecule has 0 saturated heterocycles. The van der Waals surface area contributed by atoms with Crippen molar-refractivity contribution in [2.45, 2.75) is 4.90 Å². The van der Waals surface area contributed by atoms with Crippen LogP contribution in [0.15, 0.2) is 90.0 Å². The van der Waals surface area contributed by atoms with Crippen molar-refractivity contribution in [3.05, 3.63) is 85.1 Å². The van der Waals surface area contributed by atoms with Gasteiger partial charge in [0.15, 0.2) is 0 Å². The second kappa shape index (κ2) is 8.80. The third-order valence-electron chi connectivity index (χ3n) is 3.47. The first-order valence-electron chi connectivity index (χ1n) is 7.48. The van der Waals surface area contributed by atoms with Crippen LogP contribution < -0.4 is 5.14 Å². The average molecular weight is 453 g/mol. The molecule has 6 nitrogen and oxygen atoms in total. The van der Waals surface area contributed by atoms with E-state index in [0.29, 0.717) is 5.69 Å². The van der Waals surface area contributed by atoms with Crippen LogP contribution in [0.5, 0.6) is 0 Å². The van der Waals surface area contributed by atoms with E-state index in [9.17, 15) is 8.42 Å². The quantitative estimate of drug-likeness (QED) is 0.382. The van der Waals surface area contributed by atoms with Gasteiger partial charge in [-0.05, 0) is 24.3 Å². The maximum absolute atomic E-state index is 11.2. The number of sulfonamides is 1. The molecule has 3 aromatic carbocycles.